The molecule has 0 aromatic carbocycles. The van der Waals surface area contributed by atoms with E-state index in [9.17, 15) is 16.8 Å². The van der Waals surface area contributed by atoms with Gasteiger partial charge in [0.25, 0.3) is 20.0 Å². The van der Waals surface area contributed by atoms with Crippen molar-refractivity contribution >= 4 is 31.7 Å². The van der Waals surface area contributed by atoms with E-state index in [2.05, 4.69) is 48.3 Å². The van der Waals surface area contributed by atoms with E-state index in [1.54, 1.807) is 24.3 Å². The zero-order valence-electron chi connectivity index (χ0n) is 25.6. The highest BCUT2D eigenvalue weighted by atomic mass is 32.2. The number of nitrogens with zero attached hydrogens (tertiary/aromatic N) is 2. The van der Waals surface area contributed by atoms with Gasteiger partial charge in [0.2, 0.25) is 0 Å². The predicted molar refractivity (Wildman–Crippen MR) is 169 cm³/mol. The fourth-order valence-electron chi connectivity index (χ4n) is 6.21. The van der Waals surface area contributed by atoms with Crippen LogP contribution in [0.25, 0.3) is 0 Å². The zero-order valence-corrected chi connectivity index (χ0v) is 27.2. The molecule has 1 unspecified atom stereocenters. The maximum atomic E-state index is 11.2. The minimum atomic E-state index is -3.73. The standard InChI is InChI=1S/2C15H25N3O2S/c2*1-15(2)9-8-12(11-15)5-4-10-17-13-6-3-7-14(18-13)21(16,19)20/h2*3,6-7,12H,4-5,8-11H2,1-2H3,(H,17,18)(H2,16,19,20)/t12-;/m0./s1. The monoisotopic (exact) mass is 622 g/mol. The molecule has 0 bridgehead atoms. The molecule has 2 aromatic rings. The molecule has 236 valence electrons. The second-order valence-corrected chi connectivity index (χ2v) is 16.5. The lowest BCUT2D eigenvalue weighted by molar-refractivity contribution is 0.352. The van der Waals surface area contributed by atoms with Crippen molar-refractivity contribution in [2.75, 3.05) is 23.7 Å². The summed E-state index contributed by atoms with van der Waals surface area (Å²) < 4.78 is 44.9. The van der Waals surface area contributed by atoms with Gasteiger partial charge in [0.1, 0.15) is 11.6 Å². The van der Waals surface area contributed by atoms with E-state index in [1.807, 2.05) is 0 Å². The number of rotatable bonds is 12. The van der Waals surface area contributed by atoms with Crippen molar-refractivity contribution in [1.29, 1.82) is 0 Å². The van der Waals surface area contributed by atoms with E-state index in [0.717, 1.165) is 37.8 Å². The lowest BCUT2D eigenvalue weighted by Crippen LogP contribution is -2.15. The molecule has 12 heteroatoms. The molecule has 0 amide bonds. The summed E-state index contributed by atoms with van der Waals surface area (Å²) in [7, 11) is -7.47. The molecule has 6 N–H and O–H groups in total. The van der Waals surface area contributed by atoms with Gasteiger partial charge in [0.15, 0.2) is 10.1 Å². The summed E-state index contributed by atoms with van der Waals surface area (Å²) in [5.74, 6) is 2.78. The lowest BCUT2D eigenvalue weighted by atomic mass is 9.89. The minimum absolute atomic E-state index is 0.0926. The highest BCUT2D eigenvalue weighted by Gasteiger charge is 2.31. The Kier molecular flexibility index (Phi) is 11.8. The van der Waals surface area contributed by atoms with Gasteiger partial charge in [-0.3, -0.25) is 0 Å². The Balaban J connectivity index is 0.000000230. The Bertz CT molecular complexity index is 1270. The van der Waals surface area contributed by atoms with Crippen LogP contribution in [0.2, 0.25) is 0 Å². The maximum absolute atomic E-state index is 11.2. The summed E-state index contributed by atoms with van der Waals surface area (Å²) in [6, 6.07) is 9.62. The third kappa shape index (κ3) is 11.8. The van der Waals surface area contributed by atoms with E-state index in [4.69, 9.17) is 10.3 Å². The first-order valence-electron chi connectivity index (χ1n) is 15.0. The summed E-state index contributed by atoms with van der Waals surface area (Å²) >= 11 is 0. The van der Waals surface area contributed by atoms with Gasteiger partial charge in [0.05, 0.1) is 0 Å². The molecule has 2 saturated carbocycles. The molecular formula is C30H50N6O4S2. The Hall–Kier alpha value is -2.28. The van der Waals surface area contributed by atoms with E-state index >= 15 is 0 Å². The van der Waals surface area contributed by atoms with Crippen molar-refractivity contribution in [3.05, 3.63) is 36.4 Å². The quantitative estimate of drug-likeness (QED) is 0.225. The third-order valence-corrected chi connectivity index (χ3v) is 9.98. The molecule has 0 spiro atoms. The number of nitrogens with two attached hydrogens (primary N) is 2. The summed E-state index contributed by atoms with van der Waals surface area (Å²) in [6.07, 6.45) is 12.5. The van der Waals surface area contributed by atoms with Gasteiger partial charge < -0.3 is 10.6 Å². The largest absolute Gasteiger partial charge is 0.370 e. The Morgan fingerprint density at radius 1 is 0.714 bits per heavy atom. The van der Waals surface area contributed by atoms with Crippen molar-refractivity contribution in [3.8, 4) is 0 Å². The maximum Gasteiger partial charge on any atom is 0.255 e. The fourth-order valence-corrected chi connectivity index (χ4v) is 7.20. The number of anilines is 2. The van der Waals surface area contributed by atoms with E-state index < -0.39 is 20.0 Å². The molecule has 2 fully saturated rings. The summed E-state index contributed by atoms with van der Waals surface area (Å²) in [4.78, 5) is 8.02. The van der Waals surface area contributed by atoms with Gasteiger partial charge in [0, 0.05) is 13.1 Å². The van der Waals surface area contributed by atoms with Crippen LogP contribution >= 0.6 is 0 Å². The smallest absolute Gasteiger partial charge is 0.255 e. The Morgan fingerprint density at radius 3 is 1.40 bits per heavy atom. The van der Waals surface area contributed by atoms with Gasteiger partial charge in [-0.05, 0) is 111 Å². The number of sulfonamides is 2. The number of pyridine rings is 2. The normalized spacial score (nSPS) is 21.4. The molecule has 2 aliphatic carbocycles. The molecule has 2 aliphatic rings. The number of hydrogen-bond acceptors (Lipinski definition) is 8. The Morgan fingerprint density at radius 2 is 1.10 bits per heavy atom. The van der Waals surface area contributed by atoms with E-state index in [0.29, 0.717) is 22.5 Å². The van der Waals surface area contributed by atoms with Crippen LogP contribution in [0.5, 0.6) is 0 Å². The first kappa shape index (κ1) is 34.2. The first-order valence-corrected chi connectivity index (χ1v) is 18.1. The highest BCUT2D eigenvalue weighted by Crippen LogP contribution is 2.43. The van der Waals surface area contributed by atoms with Crippen LogP contribution in [-0.2, 0) is 20.0 Å². The summed E-state index contributed by atoms with van der Waals surface area (Å²) in [6.45, 7) is 11.0. The van der Waals surface area contributed by atoms with Crippen molar-refractivity contribution < 1.29 is 16.8 Å². The molecule has 0 radical (unpaired) electrons. The van der Waals surface area contributed by atoms with Crippen molar-refractivity contribution in [1.82, 2.24) is 9.97 Å². The molecule has 10 nitrogen and oxygen atoms in total. The van der Waals surface area contributed by atoms with Gasteiger partial charge in [-0.2, -0.15) is 0 Å². The van der Waals surface area contributed by atoms with Gasteiger partial charge >= 0.3 is 0 Å². The summed E-state index contributed by atoms with van der Waals surface area (Å²) in [5.41, 5.74) is 1.01. The molecule has 0 saturated heterocycles. The van der Waals surface area contributed by atoms with Crippen LogP contribution in [0.15, 0.2) is 46.5 Å². The van der Waals surface area contributed by atoms with Crippen molar-refractivity contribution in [2.45, 2.75) is 102 Å². The molecule has 2 aromatic heterocycles. The van der Waals surface area contributed by atoms with Crippen LogP contribution in [-0.4, -0.2) is 39.9 Å². The predicted octanol–water partition coefficient (Wildman–Crippen LogP) is 5.49. The SMILES string of the molecule is CC1(C)CCC(CCCNc2cccc(S(N)(=O)=O)n2)C1.CC1(C)CC[C@H](CCCNc2cccc(S(N)(=O)=O)n2)C1. The second-order valence-electron chi connectivity index (χ2n) is 13.5. The first-order chi connectivity index (χ1) is 19.5. The lowest BCUT2D eigenvalue weighted by Gasteiger charge is -2.17. The molecule has 4 rings (SSSR count). The van der Waals surface area contributed by atoms with Crippen molar-refractivity contribution in [2.24, 2.45) is 32.9 Å². The number of aromatic nitrogens is 2. The number of primary sulfonamides is 2. The molecule has 42 heavy (non-hydrogen) atoms. The van der Waals surface area contributed by atoms with Crippen LogP contribution in [0.1, 0.15) is 91.9 Å². The van der Waals surface area contributed by atoms with Crippen LogP contribution < -0.4 is 20.9 Å². The minimum Gasteiger partial charge on any atom is -0.370 e. The van der Waals surface area contributed by atoms with Crippen LogP contribution in [0.3, 0.4) is 0 Å². The van der Waals surface area contributed by atoms with Crippen LogP contribution in [0.4, 0.5) is 11.6 Å². The topological polar surface area (TPSA) is 170 Å². The van der Waals surface area contributed by atoms with E-state index in [-0.39, 0.29) is 10.1 Å². The molecule has 0 aliphatic heterocycles. The molecular weight excluding hydrogens is 573 g/mol. The van der Waals surface area contributed by atoms with Gasteiger partial charge in [-0.15, -0.1) is 0 Å². The zero-order chi connectivity index (χ0) is 31.0. The fraction of sp³-hybridized carbons (Fsp3) is 0.667. The number of nitrogens with one attached hydrogen (secondary N) is 2. The van der Waals surface area contributed by atoms with Gasteiger partial charge in [-0.25, -0.2) is 37.1 Å². The average molecular weight is 623 g/mol. The summed E-state index contributed by atoms with van der Waals surface area (Å²) in [5, 5.41) is 16.3. The highest BCUT2D eigenvalue weighted by molar-refractivity contribution is 7.89. The van der Waals surface area contributed by atoms with Gasteiger partial charge in [-0.1, -0.05) is 39.8 Å². The second kappa shape index (κ2) is 14.5. The Labute approximate surface area is 253 Å². The van der Waals surface area contributed by atoms with E-state index in [1.165, 1.54) is 63.5 Å². The molecule has 2 atom stereocenters. The number of hydrogen-bond donors (Lipinski definition) is 4. The molecule has 2 heterocycles. The third-order valence-electron chi connectivity index (χ3n) is 8.36. The van der Waals surface area contributed by atoms with Crippen LogP contribution in [0, 0.1) is 22.7 Å². The van der Waals surface area contributed by atoms with Crippen molar-refractivity contribution in [3.63, 3.8) is 0 Å². The average Bonchev–Trinajstić information content (AvgIpc) is 3.44.